The molecule has 0 bridgehead atoms. The summed E-state index contributed by atoms with van der Waals surface area (Å²) in [7, 11) is 1.58. The quantitative estimate of drug-likeness (QED) is 0.523. The van der Waals surface area contributed by atoms with E-state index in [1.165, 1.54) is 0 Å². The van der Waals surface area contributed by atoms with Gasteiger partial charge in [0.1, 0.15) is 0 Å². The Labute approximate surface area is 47.4 Å². The van der Waals surface area contributed by atoms with E-state index in [2.05, 4.69) is 16.2 Å². The second-order valence-electron chi connectivity index (χ2n) is 1.24. The maximum absolute atomic E-state index is 4.78. The molecule has 0 saturated carbocycles. The van der Waals surface area contributed by atoms with Crippen molar-refractivity contribution in [3.8, 4) is 0 Å². The highest BCUT2D eigenvalue weighted by molar-refractivity contribution is 5.53. The van der Waals surface area contributed by atoms with Gasteiger partial charge in [0.2, 0.25) is 5.88 Å². The number of hydrogen-bond acceptors (Lipinski definition) is 3. The summed E-state index contributed by atoms with van der Waals surface area (Å²) in [6.45, 7) is 0. The Kier molecular flexibility index (Phi) is 1.35. The second-order valence-corrected chi connectivity index (χ2v) is 1.24. The minimum atomic E-state index is 0.642. The molecule has 8 heavy (non-hydrogen) atoms. The SMILES string of the molecule is COC1=CN=C=CN1. The zero-order chi connectivity index (χ0) is 5.82. The van der Waals surface area contributed by atoms with E-state index in [0.29, 0.717) is 5.88 Å². The molecule has 0 amide bonds. The molecule has 1 heterocycles. The Morgan fingerprint density at radius 2 is 2.75 bits per heavy atom. The smallest absolute Gasteiger partial charge is 0.210 e. The lowest BCUT2D eigenvalue weighted by Gasteiger charge is -2.02. The number of nitrogens with zero attached hydrogens (tertiary/aromatic N) is 1. The first-order valence-electron chi connectivity index (χ1n) is 2.21. The van der Waals surface area contributed by atoms with Gasteiger partial charge in [-0.2, -0.15) is 0 Å². The summed E-state index contributed by atoms with van der Waals surface area (Å²) in [6.07, 6.45) is 3.14. The van der Waals surface area contributed by atoms with Crippen LogP contribution in [0.4, 0.5) is 0 Å². The number of methoxy groups -OCH3 is 1. The van der Waals surface area contributed by atoms with E-state index in [1.54, 1.807) is 19.5 Å². The average Bonchev–Trinajstić information content (AvgIpc) is 1.90. The number of nitrogens with one attached hydrogen (secondary N) is 1. The van der Waals surface area contributed by atoms with Gasteiger partial charge in [-0.25, -0.2) is 4.99 Å². The van der Waals surface area contributed by atoms with Gasteiger partial charge in [0.25, 0.3) is 0 Å². The minimum absolute atomic E-state index is 0.642. The second kappa shape index (κ2) is 2.19. The summed E-state index contributed by atoms with van der Waals surface area (Å²) < 4.78 is 4.78. The number of aliphatic imine (C=N–C) groups is 1. The number of ether oxygens (including phenoxy) is 1. The molecule has 0 fully saturated rings. The molecule has 0 aliphatic carbocycles. The van der Waals surface area contributed by atoms with Gasteiger partial charge in [0.15, 0.2) is 0 Å². The van der Waals surface area contributed by atoms with Gasteiger partial charge in [-0.05, 0) is 0 Å². The molecule has 1 aliphatic rings. The fourth-order valence-electron chi connectivity index (χ4n) is 0.385. The molecule has 3 nitrogen and oxygen atoms in total. The van der Waals surface area contributed by atoms with Gasteiger partial charge in [0.05, 0.1) is 19.5 Å². The van der Waals surface area contributed by atoms with Gasteiger partial charge in [-0.15, -0.1) is 0 Å². The van der Waals surface area contributed by atoms with Crippen molar-refractivity contribution in [1.82, 2.24) is 5.32 Å². The summed E-state index contributed by atoms with van der Waals surface area (Å²) in [6, 6.07) is 0. The van der Waals surface area contributed by atoms with Crippen molar-refractivity contribution in [2.75, 3.05) is 7.11 Å². The standard InChI is InChI=1S/C5H6N2O/c1-8-5-4-6-2-3-7-5/h3-4,7H,1H3. The maximum Gasteiger partial charge on any atom is 0.210 e. The van der Waals surface area contributed by atoms with Crippen LogP contribution in [0.5, 0.6) is 0 Å². The number of rotatable bonds is 1. The Hall–Kier alpha value is -1.21. The predicted octanol–water partition coefficient (Wildman–Crippen LogP) is 0.218. The summed E-state index contributed by atoms with van der Waals surface area (Å²) in [4.78, 5) is 3.67. The zero-order valence-corrected chi connectivity index (χ0v) is 4.51. The van der Waals surface area contributed by atoms with Gasteiger partial charge in [-0.3, -0.25) is 0 Å². The third-order valence-corrected chi connectivity index (χ3v) is 0.755. The lowest BCUT2D eigenvalue weighted by Crippen LogP contribution is -2.08. The van der Waals surface area contributed by atoms with E-state index in [0.717, 1.165) is 0 Å². The van der Waals surface area contributed by atoms with Gasteiger partial charge < -0.3 is 10.1 Å². The lowest BCUT2D eigenvalue weighted by molar-refractivity contribution is 0.270. The third-order valence-electron chi connectivity index (χ3n) is 0.755. The molecule has 1 aliphatic heterocycles. The van der Waals surface area contributed by atoms with Crippen molar-refractivity contribution in [2.45, 2.75) is 0 Å². The van der Waals surface area contributed by atoms with Crippen LogP contribution in [-0.4, -0.2) is 13.0 Å². The molecular weight excluding hydrogens is 104 g/mol. The molecule has 0 aromatic carbocycles. The zero-order valence-electron chi connectivity index (χ0n) is 4.51. The van der Waals surface area contributed by atoms with Crippen LogP contribution in [0.15, 0.2) is 23.3 Å². The van der Waals surface area contributed by atoms with E-state index in [-0.39, 0.29) is 0 Å². The highest BCUT2D eigenvalue weighted by atomic mass is 16.5. The maximum atomic E-state index is 4.78. The van der Waals surface area contributed by atoms with Crippen molar-refractivity contribution < 1.29 is 4.74 Å². The van der Waals surface area contributed by atoms with Crippen LogP contribution in [0.3, 0.4) is 0 Å². The molecule has 0 radical (unpaired) electrons. The fraction of sp³-hybridized carbons (Fsp3) is 0.200. The van der Waals surface area contributed by atoms with Crippen LogP contribution >= 0.6 is 0 Å². The van der Waals surface area contributed by atoms with Crippen molar-refractivity contribution in [1.29, 1.82) is 0 Å². The third kappa shape index (κ3) is 0.891. The monoisotopic (exact) mass is 110 g/mol. The number of hydrogen-bond donors (Lipinski definition) is 1. The Morgan fingerprint density at radius 3 is 3.12 bits per heavy atom. The first-order valence-corrected chi connectivity index (χ1v) is 2.21. The van der Waals surface area contributed by atoms with Crippen LogP contribution in [0.25, 0.3) is 0 Å². The molecular formula is C5H6N2O. The van der Waals surface area contributed by atoms with Crippen LogP contribution in [0.1, 0.15) is 0 Å². The molecule has 0 spiro atoms. The summed E-state index contributed by atoms with van der Waals surface area (Å²) in [5, 5.41) is 2.78. The summed E-state index contributed by atoms with van der Waals surface area (Å²) >= 11 is 0. The molecule has 0 saturated heterocycles. The van der Waals surface area contributed by atoms with Crippen molar-refractivity contribution in [2.24, 2.45) is 4.99 Å². The van der Waals surface area contributed by atoms with Crippen LogP contribution < -0.4 is 5.32 Å². The van der Waals surface area contributed by atoms with Crippen LogP contribution in [0.2, 0.25) is 0 Å². The minimum Gasteiger partial charge on any atom is -0.481 e. The summed E-state index contributed by atoms with van der Waals surface area (Å²) in [5.74, 6) is 3.22. The van der Waals surface area contributed by atoms with Crippen LogP contribution in [-0.2, 0) is 4.74 Å². The van der Waals surface area contributed by atoms with Gasteiger partial charge in [-0.1, -0.05) is 0 Å². The highest BCUT2D eigenvalue weighted by Crippen LogP contribution is 1.90. The molecule has 0 unspecified atom stereocenters. The van der Waals surface area contributed by atoms with Crippen molar-refractivity contribution in [3.63, 3.8) is 0 Å². The first-order chi connectivity index (χ1) is 3.93. The van der Waals surface area contributed by atoms with Gasteiger partial charge >= 0.3 is 0 Å². The molecule has 3 heteroatoms. The van der Waals surface area contributed by atoms with E-state index in [4.69, 9.17) is 4.74 Å². The Morgan fingerprint density at radius 1 is 1.88 bits per heavy atom. The Bertz CT molecular complexity index is 165. The molecule has 0 atom stereocenters. The molecule has 1 N–H and O–H groups in total. The fourth-order valence-corrected chi connectivity index (χ4v) is 0.385. The normalized spacial score (nSPS) is 14.9. The lowest BCUT2D eigenvalue weighted by atomic mass is 10.7. The van der Waals surface area contributed by atoms with E-state index in [9.17, 15) is 0 Å². The largest absolute Gasteiger partial charge is 0.481 e. The molecule has 0 aromatic rings. The highest BCUT2D eigenvalue weighted by Gasteiger charge is 1.89. The molecule has 42 valence electrons. The molecule has 0 aromatic heterocycles. The average molecular weight is 110 g/mol. The van der Waals surface area contributed by atoms with E-state index >= 15 is 0 Å². The molecule has 1 rings (SSSR count). The van der Waals surface area contributed by atoms with E-state index in [1.807, 2.05) is 0 Å². The summed E-state index contributed by atoms with van der Waals surface area (Å²) in [5.41, 5.74) is 0. The van der Waals surface area contributed by atoms with E-state index < -0.39 is 0 Å². The van der Waals surface area contributed by atoms with Crippen LogP contribution in [0, 0.1) is 0 Å². The van der Waals surface area contributed by atoms with Crippen molar-refractivity contribution >= 4 is 5.87 Å². The Balaban J connectivity index is 2.63. The van der Waals surface area contributed by atoms with Crippen molar-refractivity contribution in [3.05, 3.63) is 18.3 Å². The topological polar surface area (TPSA) is 33.6 Å². The van der Waals surface area contributed by atoms with Gasteiger partial charge in [0, 0.05) is 5.87 Å². The first kappa shape index (κ1) is 4.94. The predicted molar refractivity (Wildman–Crippen MR) is 30.2 cm³/mol.